The number of benzene rings is 2. The van der Waals surface area contributed by atoms with Gasteiger partial charge < -0.3 is 14.7 Å². The number of aliphatic hydroxyl groups excluding tert-OH is 1. The van der Waals surface area contributed by atoms with E-state index in [-0.39, 0.29) is 30.8 Å². The summed E-state index contributed by atoms with van der Waals surface area (Å²) in [5.41, 5.74) is 1.73. The zero-order valence-corrected chi connectivity index (χ0v) is 14.3. The minimum atomic E-state index is -0.406. The van der Waals surface area contributed by atoms with Crippen molar-refractivity contribution in [2.45, 2.75) is 32.2 Å². The summed E-state index contributed by atoms with van der Waals surface area (Å²) in [6.45, 7) is 1.28. The largest absolute Gasteiger partial charge is 0.392 e. The Hall–Kier alpha value is -2.51. The molecule has 0 radical (unpaired) electrons. The summed E-state index contributed by atoms with van der Waals surface area (Å²) in [6, 6.07) is 11.2. The molecular weight excluding hydrogens is 339 g/mol. The Labute approximate surface area is 151 Å². The number of ether oxygens (including phenoxy) is 1. The fourth-order valence-corrected chi connectivity index (χ4v) is 3.16. The van der Waals surface area contributed by atoms with Crippen molar-refractivity contribution in [3.63, 3.8) is 0 Å². The van der Waals surface area contributed by atoms with E-state index in [1.54, 1.807) is 30.3 Å². The predicted molar refractivity (Wildman–Crippen MR) is 95.4 cm³/mol. The summed E-state index contributed by atoms with van der Waals surface area (Å²) < 4.78 is 19.5. The van der Waals surface area contributed by atoms with E-state index in [0.29, 0.717) is 42.7 Å². The van der Waals surface area contributed by atoms with Crippen molar-refractivity contribution in [1.29, 1.82) is 0 Å². The molecule has 0 saturated carbocycles. The van der Waals surface area contributed by atoms with Gasteiger partial charge in [0, 0.05) is 24.7 Å². The molecule has 26 heavy (non-hydrogen) atoms. The quantitative estimate of drug-likeness (QED) is 0.631. The van der Waals surface area contributed by atoms with Gasteiger partial charge in [-0.15, -0.1) is 0 Å². The van der Waals surface area contributed by atoms with Crippen LogP contribution in [0.15, 0.2) is 42.5 Å². The molecule has 1 N–H and O–H groups in total. The molecule has 1 saturated heterocycles. The maximum atomic E-state index is 13.6. The molecule has 2 aromatic rings. The topological polar surface area (TPSA) is 75.8 Å². The molecule has 0 unspecified atom stereocenters. The van der Waals surface area contributed by atoms with Crippen LogP contribution in [0.2, 0.25) is 0 Å². The first-order valence-electron chi connectivity index (χ1n) is 8.56. The van der Waals surface area contributed by atoms with E-state index in [0.717, 1.165) is 0 Å². The van der Waals surface area contributed by atoms with Crippen LogP contribution in [0.4, 0.5) is 15.8 Å². The summed E-state index contributed by atoms with van der Waals surface area (Å²) in [6.07, 6.45) is 1.40. The monoisotopic (exact) mass is 360 g/mol. The molecule has 1 heterocycles. The van der Waals surface area contributed by atoms with E-state index in [1.165, 1.54) is 12.1 Å². The van der Waals surface area contributed by atoms with Gasteiger partial charge in [-0.25, -0.2) is 4.39 Å². The summed E-state index contributed by atoms with van der Waals surface area (Å²) in [5, 5.41) is 20.6. The molecule has 3 rings (SSSR count). The van der Waals surface area contributed by atoms with Crippen LogP contribution in [0.25, 0.3) is 0 Å². The lowest BCUT2D eigenvalue weighted by Gasteiger charge is -2.33. The lowest BCUT2D eigenvalue weighted by atomic mass is 10.1. The Morgan fingerprint density at radius 2 is 1.96 bits per heavy atom. The fourth-order valence-electron chi connectivity index (χ4n) is 3.16. The highest BCUT2D eigenvalue weighted by molar-refractivity contribution is 5.64. The van der Waals surface area contributed by atoms with Gasteiger partial charge in [0.25, 0.3) is 5.69 Å². The summed E-state index contributed by atoms with van der Waals surface area (Å²) in [4.78, 5) is 12.8. The lowest BCUT2D eigenvalue weighted by Crippen LogP contribution is -2.37. The molecule has 0 atom stereocenters. The molecular formula is C19H21FN2O4. The SMILES string of the molecule is O=[N+]([O-])c1ccc(CO)cc1N1CCC(OCc2ccccc2F)CC1. The second kappa shape index (κ2) is 8.25. The van der Waals surface area contributed by atoms with E-state index >= 15 is 0 Å². The molecule has 6 nitrogen and oxygen atoms in total. The van der Waals surface area contributed by atoms with Crippen LogP contribution in [0, 0.1) is 15.9 Å². The Morgan fingerprint density at radius 1 is 1.23 bits per heavy atom. The maximum absolute atomic E-state index is 13.6. The lowest BCUT2D eigenvalue weighted by molar-refractivity contribution is -0.384. The van der Waals surface area contributed by atoms with E-state index in [2.05, 4.69) is 0 Å². The summed E-state index contributed by atoms with van der Waals surface area (Å²) in [5.74, 6) is -0.277. The highest BCUT2D eigenvalue weighted by Gasteiger charge is 2.25. The second-order valence-corrected chi connectivity index (χ2v) is 6.33. The van der Waals surface area contributed by atoms with Crippen LogP contribution >= 0.6 is 0 Å². The number of nitro benzene ring substituents is 1. The number of nitro groups is 1. The fraction of sp³-hybridized carbons (Fsp3) is 0.368. The molecule has 138 valence electrons. The predicted octanol–water partition coefficient (Wildman–Crippen LogP) is 3.41. The van der Waals surface area contributed by atoms with Crippen molar-refractivity contribution < 1.29 is 19.2 Å². The second-order valence-electron chi connectivity index (χ2n) is 6.33. The molecule has 2 aromatic carbocycles. The van der Waals surface area contributed by atoms with Crippen molar-refractivity contribution in [3.05, 3.63) is 69.5 Å². The van der Waals surface area contributed by atoms with Gasteiger partial charge in [0.1, 0.15) is 11.5 Å². The third-order valence-corrected chi connectivity index (χ3v) is 4.63. The van der Waals surface area contributed by atoms with Gasteiger partial charge >= 0.3 is 0 Å². The van der Waals surface area contributed by atoms with Crippen molar-refractivity contribution in [3.8, 4) is 0 Å². The summed E-state index contributed by atoms with van der Waals surface area (Å²) >= 11 is 0. The highest BCUT2D eigenvalue weighted by atomic mass is 19.1. The molecule has 0 amide bonds. The number of hydrogen-bond donors (Lipinski definition) is 1. The van der Waals surface area contributed by atoms with Gasteiger partial charge in [-0.05, 0) is 36.6 Å². The van der Waals surface area contributed by atoms with E-state index in [4.69, 9.17) is 4.74 Å². The zero-order chi connectivity index (χ0) is 18.5. The average molecular weight is 360 g/mol. The zero-order valence-electron chi connectivity index (χ0n) is 14.3. The van der Waals surface area contributed by atoms with E-state index < -0.39 is 4.92 Å². The number of piperidine rings is 1. The van der Waals surface area contributed by atoms with Crippen molar-refractivity contribution in [2.24, 2.45) is 0 Å². The third kappa shape index (κ3) is 4.17. The number of halogens is 1. The third-order valence-electron chi connectivity index (χ3n) is 4.63. The van der Waals surface area contributed by atoms with Crippen LogP contribution in [0.3, 0.4) is 0 Å². The normalized spacial score (nSPS) is 15.2. The molecule has 7 heteroatoms. The first kappa shape index (κ1) is 18.3. The van der Waals surface area contributed by atoms with Crippen molar-refractivity contribution in [2.75, 3.05) is 18.0 Å². The Morgan fingerprint density at radius 3 is 2.62 bits per heavy atom. The molecule has 1 aliphatic rings. The standard InChI is InChI=1S/C19H21FN2O4/c20-17-4-2-1-3-15(17)13-26-16-7-9-21(10-8-16)19-11-14(12-23)5-6-18(19)22(24)25/h1-6,11,16,23H,7-10,12-13H2. The Balaban J connectivity index is 1.62. The average Bonchev–Trinajstić information content (AvgIpc) is 2.67. The molecule has 1 fully saturated rings. The Kier molecular flexibility index (Phi) is 5.80. The van der Waals surface area contributed by atoms with Gasteiger partial charge in [-0.3, -0.25) is 10.1 Å². The van der Waals surface area contributed by atoms with Gasteiger partial charge in [0.05, 0.1) is 24.2 Å². The molecule has 0 spiro atoms. The first-order chi connectivity index (χ1) is 12.6. The maximum Gasteiger partial charge on any atom is 0.292 e. The van der Waals surface area contributed by atoms with Crippen LogP contribution in [0.1, 0.15) is 24.0 Å². The van der Waals surface area contributed by atoms with Gasteiger partial charge in [-0.1, -0.05) is 18.2 Å². The minimum absolute atomic E-state index is 0.00839. The van der Waals surface area contributed by atoms with Gasteiger partial charge in [-0.2, -0.15) is 0 Å². The minimum Gasteiger partial charge on any atom is -0.392 e. The van der Waals surface area contributed by atoms with Crippen LogP contribution < -0.4 is 4.90 Å². The molecule has 0 bridgehead atoms. The van der Waals surface area contributed by atoms with Crippen LogP contribution in [-0.4, -0.2) is 29.2 Å². The number of hydrogen-bond acceptors (Lipinski definition) is 5. The number of anilines is 1. The smallest absolute Gasteiger partial charge is 0.292 e. The van der Waals surface area contributed by atoms with E-state index in [1.807, 2.05) is 4.90 Å². The van der Waals surface area contributed by atoms with Gasteiger partial charge in [0.15, 0.2) is 0 Å². The molecule has 0 aromatic heterocycles. The van der Waals surface area contributed by atoms with E-state index in [9.17, 15) is 19.6 Å². The molecule has 1 aliphatic heterocycles. The number of nitrogens with zero attached hydrogens (tertiary/aromatic N) is 2. The molecule has 0 aliphatic carbocycles. The number of rotatable bonds is 6. The van der Waals surface area contributed by atoms with Crippen molar-refractivity contribution in [1.82, 2.24) is 0 Å². The van der Waals surface area contributed by atoms with Crippen LogP contribution in [-0.2, 0) is 18.0 Å². The van der Waals surface area contributed by atoms with Crippen molar-refractivity contribution >= 4 is 11.4 Å². The number of aliphatic hydroxyl groups is 1. The first-order valence-corrected chi connectivity index (χ1v) is 8.56. The Bertz CT molecular complexity index is 776. The highest BCUT2D eigenvalue weighted by Crippen LogP contribution is 2.32. The van der Waals surface area contributed by atoms with Gasteiger partial charge in [0.2, 0.25) is 0 Å². The van der Waals surface area contributed by atoms with Crippen LogP contribution in [0.5, 0.6) is 0 Å². The summed E-state index contributed by atoms with van der Waals surface area (Å²) in [7, 11) is 0.